The van der Waals surface area contributed by atoms with Crippen LogP contribution in [0, 0.1) is 29.1 Å². The highest BCUT2D eigenvalue weighted by molar-refractivity contribution is 6.74. The summed E-state index contributed by atoms with van der Waals surface area (Å²) in [7, 11) is -3.90. The van der Waals surface area contributed by atoms with Crippen LogP contribution in [-0.4, -0.2) is 40.1 Å². The minimum atomic E-state index is -1.98. The Morgan fingerprint density at radius 1 is 0.909 bits per heavy atom. The molecule has 0 bridgehead atoms. The van der Waals surface area contributed by atoms with Gasteiger partial charge in [-0.25, -0.2) is 0 Å². The third-order valence-corrected chi connectivity index (χ3v) is 22.1. The molecule has 4 rings (SSSR count). The number of aliphatic hydroxyl groups excluding tert-OH is 1. The monoisotopic (exact) mass is 640 g/mol. The van der Waals surface area contributed by atoms with Crippen molar-refractivity contribution >= 4 is 16.6 Å². The molecule has 0 saturated heterocycles. The van der Waals surface area contributed by atoms with Crippen LogP contribution in [0.25, 0.3) is 0 Å². The smallest absolute Gasteiger partial charge is 0.192 e. The summed E-state index contributed by atoms with van der Waals surface area (Å²) in [5, 5.41) is 10.8. The average Bonchev–Trinajstić information content (AvgIpc) is 3.68. The zero-order chi connectivity index (χ0) is 32.9. The first-order valence-electron chi connectivity index (χ1n) is 18.0. The van der Waals surface area contributed by atoms with Crippen molar-refractivity contribution in [3.63, 3.8) is 0 Å². The van der Waals surface area contributed by atoms with Crippen LogP contribution in [0.2, 0.25) is 36.3 Å². The maximum atomic E-state index is 10.5. The van der Waals surface area contributed by atoms with Crippen molar-refractivity contribution in [3.05, 3.63) is 47.6 Å². The summed E-state index contributed by atoms with van der Waals surface area (Å²) in [4.78, 5) is 0. The molecule has 4 saturated carbocycles. The molecule has 4 aliphatic rings. The summed E-state index contributed by atoms with van der Waals surface area (Å²) < 4.78 is 14.2. The van der Waals surface area contributed by atoms with Gasteiger partial charge in [0.2, 0.25) is 0 Å². The van der Waals surface area contributed by atoms with Gasteiger partial charge in [0.15, 0.2) is 16.6 Å². The van der Waals surface area contributed by atoms with Crippen molar-refractivity contribution in [3.8, 4) is 0 Å². The van der Waals surface area contributed by atoms with Gasteiger partial charge in [-0.15, -0.1) is 0 Å². The lowest BCUT2D eigenvalue weighted by molar-refractivity contribution is 0.0969. The zero-order valence-corrected chi connectivity index (χ0v) is 32.7. The van der Waals surface area contributed by atoms with Crippen molar-refractivity contribution in [1.82, 2.24) is 0 Å². The molecule has 0 unspecified atom stereocenters. The highest BCUT2D eigenvalue weighted by atomic mass is 28.4. The van der Waals surface area contributed by atoms with E-state index >= 15 is 0 Å². The largest absolute Gasteiger partial charge is 0.413 e. The molecular formula is C39H68O3Si2. The second kappa shape index (κ2) is 13.1. The van der Waals surface area contributed by atoms with Crippen LogP contribution in [0.1, 0.15) is 113 Å². The van der Waals surface area contributed by atoms with Gasteiger partial charge in [-0.3, -0.25) is 0 Å². The molecule has 0 heterocycles. The summed E-state index contributed by atoms with van der Waals surface area (Å²) >= 11 is 0. The van der Waals surface area contributed by atoms with Gasteiger partial charge in [-0.2, -0.15) is 0 Å². The van der Waals surface area contributed by atoms with Crippen molar-refractivity contribution in [2.45, 2.75) is 168 Å². The standard InChI is InChI=1S/C39H68O3Si2/c1-27(16-23-35(40)30-18-19-30)33-21-22-34-29(15-14-24-39(33,34)9)17-20-31-25-32(41-43(10,11)37(3,4)5)26-36(28(31)2)42-44(12,13)38(6,7)8/h16-17,20,23,27,30,32-36,40H,2,14-15,18-19,21-22,24-26H2,1,3-13H3/b23-16+,29-17+,31-20+/t27-,32-,33-,34+,35-,36+,39-/m0/s1. The Kier molecular flexibility index (Phi) is 10.7. The molecule has 250 valence electrons. The average molecular weight is 641 g/mol. The molecule has 0 spiro atoms. The van der Waals surface area contributed by atoms with E-state index in [0.29, 0.717) is 29.1 Å². The van der Waals surface area contributed by atoms with Crippen LogP contribution in [0.15, 0.2) is 47.6 Å². The summed E-state index contributed by atoms with van der Waals surface area (Å²) in [6.07, 6.45) is 19.9. The number of rotatable bonds is 9. The molecule has 5 heteroatoms. The zero-order valence-electron chi connectivity index (χ0n) is 30.7. The fourth-order valence-corrected chi connectivity index (χ4v) is 10.6. The van der Waals surface area contributed by atoms with Crippen LogP contribution in [0.4, 0.5) is 0 Å². The van der Waals surface area contributed by atoms with Crippen LogP contribution < -0.4 is 0 Å². The molecule has 0 aromatic heterocycles. The van der Waals surface area contributed by atoms with E-state index in [1.165, 1.54) is 56.1 Å². The van der Waals surface area contributed by atoms with Crippen LogP contribution in [0.5, 0.6) is 0 Å². The predicted molar refractivity (Wildman–Crippen MR) is 194 cm³/mol. The van der Waals surface area contributed by atoms with E-state index in [-0.39, 0.29) is 28.4 Å². The molecule has 4 fully saturated rings. The van der Waals surface area contributed by atoms with Gasteiger partial charge < -0.3 is 14.0 Å². The van der Waals surface area contributed by atoms with E-state index in [2.05, 4.69) is 112 Å². The fourth-order valence-electron chi connectivity index (χ4n) is 7.93. The third-order valence-electron chi connectivity index (χ3n) is 13.1. The van der Waals surface area contributed by atoms with E-state index < -0.39 is 16.6 Å². The highest BCUT2D eigenvalue weighted by Gasteiger charge is 2.50. The maximum absolute atomic E-state index is 10.5. The first kappa shape index (κ1) is 36.1. The predicted octanol–water partition coefficient (Wildman–Crippen LogP) is 11.1. The quantitative estimate of drug-likeness (QED) is 0.201. The second-order valence-electron chi connectivity index (χ2n) is 18.4. The van der Waals surface area contributed by atoms with Gasteiger partial charge >= 0.3 is 0 Å². The van der Waals surface area contributed by atoms with Gasteiger partial charge in [0.1, 0.15) is 0 Å². The lowest BCUT2D eigenvalue weighted by Crippen LogP contribution is -2.49. The lowest BCUT2D eigenvalue weighted by Gasteiger charge is -2.45. The first-order valence-corrected chi connectivity index (χ1v) is 23.8. The lowest BCUT2D eigenvalue weighted by atomic mass is 9.61. The summed E-state index contributed by atoms with van der Waals surface area (Å²) in [5.41, 5.74) is 4.49. The molecule has 7 atom stereocenters. The summed E-state index contributed by atoms with van der Waals surface area (Å²) in [6.45, 7) is 33.2. The summed E-state index contributed by atoms with van der Waals surface area (Å²) in [5.74, 6) is 2.35. The van der Waals surface area contributed by atoms with E-state index in [0.717, 1.165) is 12.8 Å². The maximum Gasteiger partial charge on any atom is 0.192 e. The van der Waals surface area contributed by atoms with Crippen molar-refractivity contribution in [1.29, 1.82) is 0 Å². The summed E-state index contributed by atoms with van der Waals surface area (Å²) in [6, 6.07) is 0. The van der Waals surface area contributed by atoms with Gasteiger partial charge in [-0.05, 0) is 128 Å². The number of hydrogen-bond acceptors (Lipinski definition) is 3. The highest BCUT2D eigenvalue weighted by Crippen LogP contribution is 2.59. The molecule has 4 aliphatic carbocycles. The van der Waals surface area contributed by atoms with Gasteiger partial charge in [0.25, 0.3) is 0 Å². The molecule has 0 radical (unpaired) electrons. The Hall–Kier alpha value is -0.726. The Bertz CT molecular complexity index is 1130. The molecule has 3 nitrogen and oxygen atoms in total. The molecule has 0 aliphatic heterocycles. The SMILES string of the molecule is C=C1/C(=C/C=C2\CCC[C@]3(C)[C@@H]2CC[C@H]3[C@@H](C)/C=C/[C@H](O)C2CC2)C[C@H](O[Si](C)(C)C(C)(C)C)C[C@H]1O[Si](C)(C)C(C)(C)C. The van der Waals surface area contributed by atoms with E-state index in [4.69, 9.17) is 8.85 Å². The molecule has 1 N–H and O–H groups in total. The Morgan fingerprint density at radius 3 is 2.11 bits per heavy atom. The molecular weight excluding hydrogens is 573 g/mol. The Morgan fingerprint density at radius 2 is 1.52 bits per heavy atom. The molecule has 44 heavy (non-hydrogen) atoms. The minimum absolute atomic E-state index is 0.0233. The minimum Gasteiger partial charge on any atom is -0.413 e. The number of fused-ring (bicyclic) bond motifs is 1. The van der Waals surface area contributed by atoms with Crippen LogP contribution in [0.3, 0.4) is 0 Å². The van der Waals surface area contributed by atoms with Crippen LogP contribution in [-0.2, 0) is 8.85 Å². The van der Waals surface area contributed by atoms with E-state index in [1.807, 2.05) is 0 Å². The molecule has 0 amide bonds. The second-order valence-corrected chi connectivity index (χ2v) is 27.9. The first-order chi connectivity index (χ1) is 20.2. The fraction of sp³-hybridized carbons (Fsp3) is 0.795. The van der Waals surface area contributed by atoms with E-state index in [9.17, 15) is 5.11 Å². The van der Waals surface area contributed by atoms with Crippen molar-refractivity contribution < 1.29 is 14.0 Å². The Labute approximate surface area is 274 Å². The van der Waals surface area contributed by atoms with Crippen molar-refractivity contribution in [2.75, 3.05) is 0 Å². The molecule has 0 aromatic carbocycles. The number of allylic oxidation sites excluding steroid dienone is 4. The third kappa shape index (κ3) is 7.86. The number of hydrogen-bond donors (Lipinski definition) is 1. The van der Waals surface area contributed by atoms with Gasteiger partial charge in [0, 0.05) is 6.42 Å². The number of aliphatic hydroxyl groups is 1. The van der Waals surface area contributed by atoms with Crippen LogP contribution >= 0.6 is 0 Å². The Balaban J connectivity index is 1.57. The van der Waals surface area contributed by atoms with Gasteiger partial charge in [0.05, 0.1) is 18.3 Å². The van der Waals surface area contributed by atoms with E-state index in [1.54, 1.807) is 5.57 Å². The topological polar surface area (TPSA) is 38.7 Å². The van der Waals surface area contributed by atoms with Crippen molar-refractivity contribution in [2.24, 2.45) is 29.1 Å². The normalized spacial score (nSPS) is 34.2. The van der Waals surface area contributed by atoms with Gasteiger partial charge in [-0.1, -0.05) is 91.8 Å². The molecule has 0 aromatic rings.